The molecule has 0 aliphatic heterocycles. The topological polar surface area (TPSA) is 0 Å². The highest BCUT2D eigenvalue weighted by Crippen LogP contribution is 2.45. The Balaban J connectivity index is 2.69. The van der Waals surface area contributed by atoms with Gasteiger partial charge >= 0.3 is 0 Å². The molecule has 0 spiro atoms. The van der Waals surface area contributed by atoms with Crippen molar-refractivity contribution in [2.24, 2.45) is 0 Å². The minimum absolute atomic E-state index is 0.499. The molecule has 0 nitrogen and oxygen atoms in total. The molecule has 12 heteroatoms. The Morgan fingerprint density at radius 2 is 0.553 bits per heavy atom. The first-order chi connectivity index (χ1) is 17.5. The zero-order valence-corrected chi connectivity index (χ0v) is 20.3. The Morgan fingerprint density at radius 3 is 0.842 bits per heavy atom. The molecule has 3 rings (SSSR count). The van der Waals surface area contributed by atoms with Crippen LogP contribution in [0.25, 0.3) is 0 Å². The Bertz CT molecular complexity index is 1290. The van der Waals surface area contributed by atoms with Crippen LogP contribution < -0.4 is 0 Å². The average molecular weight is 558 g/mol. The molecule has 0 saturated carbocycles. The first-order valence-electron chi connectivity index (χ1n) is 11.0. The molecular weight excluding hydrogens is 540 g/mol. The van der Waals surface area contributed by atoms with Crippen molar-refractivity contribution < 1.29 is 52.7 Å². The van der Waals surface area contributed by atoms with Gasteiger partial charge in [-0.25, -0.2) is 52.7 Å². The van der Waals surface area contributed by atoms with E-state index < -0.39 is 121 Å². The van der Waals surface area contributed by atoms with E-state index in [0.29, 0.717) is 6.92 Å². The Kier molecular flexibility index (Phi) is 7.87. The number of halogens is 12. The van der Waals surface area contributed by atoms with Gasteiger partial charge in [-0.05, 0) is 18.8 Å². The zero-order valence-electron chi connectivity index (χ0n) is 20.3. The zero-order chi connectivity index (χ0) is 29.1. The van der Waals surface area contributed by atoms with Gasteiger partial charge in [0.15, 0.2) is 64.0 Å². The summed E-state index contributed by atoms with van der Waals surface area (Å²) in [6.07, 6.45) is 0. The third-order valence-electron chi connectivity index (χ3n) is 6.20. The second-order valence-corrected chi connectivity index (χ2v) is 9.20. The number of rotatable bonds is 5. The molecule has 0 unspecified atom stereocenters. The molecule has 3 aromatic carbocycles. The summed E-state index contributed by atoms with van der Waals surface area (Å²) in [5.74, 6) is -33.7. The molecule has 206 valence electrons. The van der Waals surface area contributed by atoms with Crippen LogP contribution in [0.3, 0.4) is 0 Å². The van der Waals surface area contributed by atoms with Gasteiger partial charge < -0.3 is 0 Å². The van der Waals surface area contributed by atoms with Gasteiger partial charge in [-0.1, -0.05) is 27.7 Å². The van der Waals surface area contributed by atoms with Crippen LogP contribution in [-0.2, 0) is 0 Å². The third kappa shape index (κ3) is 4.21. The maximum Gasteiger partial charge on any atom is 0.195 e. The van der Waals surface area contributed by atoms with Crippen LogP contribution in [0, 0.1) is 76.7 Å². The SMILES string of the molecule is Cc1c(F)c(F)c(F)c(C(c2c(F)c(F)c(C(C)C)c(F)c2F)c2c(F)c(F)c(C(C)C)c(F)c2F)c1F. The van der Waals surface area contributed by atoms with Gasteiger partial charge in [-0.3, -0.25) is 0 Å². The van der Waals surface area contributed by atoms with E-state index in [1.165, 1.54) is 0 Å². The molecule has 0 aliphatic carbocycles. The molecule has 0 atom stereocenters. The van der Waals surface area contributed by atoms with Crippen LogP contribution in [0.15, 0.2) is 0 Å². The van der Waals surface area contributed by atoms with Gasteiger partial charge in [-0.15, -0.1) is 0 Å². The fourth-order valence-corrected chi connectivity index (χ4v) is 4.31. The van der Waals surface area contributed by atoms with Crippen molar-refractivity contribution >= 4 is 0 Å². The van der Waals surface area contributed by atoms with Crippen molar-refractivity contribution in [3.8, 4) is 0 Å². The number of hydrogen-bond acceptors (Lipinski definition) is 0. The van der Waals surface area contributed by atoms with Crippen LogP contribution in [0.4, 0.5) is 52.7 Å². The lowest BCUT2D eigenvalue weighted by Gasteiger charge is -2.26. The van der Waals surface area contributed by atoms with Crippen molar-refractivity contribution in [2.75, 3.05) is 0 Å². The van der Waals surface area contributed by atoms with Crippen LogP contribution in [-0.4, -0.2) is 0 Å². The summed E-state index contributed by atoms with van der Waals surface area (Å²) in [5.41, 5.74) is -10.1. The van der Waals surface area contributed by atoms with Gasteiger partial charge in [-0.2, -0.15) is 0 Å². The monoisotopic (exact) mass is 558 g/mol. The molecule has 0 saturated heterocycles. The van der Waals surface area contributed by atoms with Gasteiger partial charge in [0, 0.05) is 33.4 Å². The predicted octanol–water partition coefficient (Wildman–Crippen LogP) is 9.09. The second kappa shape index (κ2) is 10.2. The minimum atomic E-state index is -3.40. The van der Waals surface area contributed by atoms with Gasteiger partial charge in [0.1, 0.15) is 5.82 Å². The van der Waals surface area contributed by atoms with Crippen molar-refractivity contribution in [3.63, 3.8) is 0 Å². The predicted molar refractivity (Wildman–Crippen MR) is 113 cm³/mol. The molecule has 3 aromatic rings. The molecule has 0 aromatic heterocycles. The van der Waals surface area contributed by atoms with Gasteiger partial charge in [0.2, 0.25) is 0 Å². The second-order valence-electron chi connectivity index (χ2n) is 9.20. The highest BCUT2D eigenvalue weighted by Gasteiger charge is 2.42. The summed E-state index contributed by atoms with van der Waals surface area (Å²) in [6.45, 7) is 4.91. The van der Waals surface area contributed by atoms with Crippen molar-refractivity contribution in [1.82, 2.24) is 0 Å². The first-order valence-corrected chi connectivity index (χ1v) is 11.0. The Labute approximate surface area is 208 Å². The summed E-state index contributed by atoms with van der Waals surface area (Å²) >= 11 is 0. The molecule has 0 N–H and O–H groups in total. The Hall–Kier alpha value is -3.18. The quantitative estimate of drug-likeness (QED) is 0.127. The molecule has 0 bridgehead atoms. The molecular formula is C26H18F12. The molecule has 0 aliphatic rings. The maximum absolute atomic E-state index is 15.3. The van der Waals surface area contributed by atoms with E-state index in [0.717, 1.165) is 27.7 Å². The number of hydrogen-bond donors (Lipinski definition) is 0. The first kappa shape index (κ1) is 29.4. The lowest BCUT2D eigenvalue weighted by Crippen LogP contribution is -2.22. The van der Waals surface area contributed by atoms with Crippen molar-refractivity contribution in [3.05, 3.63) is 103 Å². The minimum Gasteiger partial charge on any atom is -0.206 e. The average Bonchev–Trinajstić information content (AvgIpc) is 2.83. The van der Waals surface area contributed by atoms with E-state index in [4.69, 9.17) is 0 Å². The van der Waals surface area contributed by atoms with E-state index >= 15 is 22.0 Å². The normalized spacial score (nSPS) is 12.0. The fourth-order valence-electron chi connectivity index (χ4n) is 4.31. The van der Waals surface area contributed by atoms with Gasteiger partial charge in [0.05, 0.1) is 5.92 Å². The molecule has 0 radical (unpaired) electrons. The standard InChI is InChI=1S/C26H18F12/c1-6(2)9-17(29)21(33)13(22(34)18(9)30)11(12-15(27)8(5)16(28)26(38)25(12)37)14-23(35)19(31)10(7(3)4)20(32)24(14)36/h6-7,11H,1-5H3. The smallest absolute Gasteiger partial charge is 0.195 e. The van der Waals surface area contributed by atoms with E-state index in [1.54, 1.807) is 0 Å². The van der Waals surface area contributed by atoms with Crippen LogP contribution in [0.5, 0.6) is 0 Å². The van der Waals surface area contributed by atoms with Crippen LogP contribution in [0.1, 0.15) is 78.8 Å². The lowest BCUT2D eigenvalue weighted by atomic mass is 9.80. The summed E-state index contributed by atoms with van der Waals surface area (Å²) < 4.78 is 179. The van der Waals surface area contributed by atoms with E-state index in [2.05, 4.69) is 0 Å². The van der Waals surface area contributed by atoms with Gasteiger partial charge in [0.25, 0.3) is 0 Å². The molecule has 0 amide bonds. The molecule has 0 heterocycles. The van der Waals surface area contributed by atoms with E-state index in [1.807, 2.05) is 0 Å². The van der Waals surface area contributed by atoms with Crippen LogP contribution >= 0.6 is 0 Å². The fraction of sp³-hybridized carbons (Fsp3) is 0.308. The highest BCUT2D eigenvalue weighted by molar-refractivity contribution is 5.51. The van der Waals surface area contributed by atoms with E-state index in [9.17, 15) is 30.7 Å². The molecule has 0 fully saturated rings. The summed E-state index contributed by atoms with van der Waals surface area (Å²) in [6, 6.07) is 0. The maximum atomic E-state index is 15.3. The third-order valence-corrected chi connectivity index (χ3v) is 6.20. The largest absolute Gasteiger partial charge is 0.206 e. The molecule has 38 heavy (non-hydrogen) atoms. The van der Waals surface area contributed by atoms with Crippen molar-refractivity contribution in [2.45, 2.75) is 52.4 Å². The van der Waals surface area contributed by atoms with E-state index in [-0.39, 0.29) is 0 Å². The highest BCUT2D eigenvalue weighted by atomic mass is 19.2. The summed E-state index contributed by atoms with van der Waals surface area (Å²) in [4.78, 5) is 0. The number of benzene rings is 3. The van der Waals surface area contributed by atoms with Crippen LogP contribution in [0.2, 0.25) is 0 Å². The summed E-state index contributed by atoms with van der Waals surface area (Å²) in [7, 11) is 0. The Morgan fingerprint density at radius 1 is 0.316 bits per heavy atom. The van der Waals surface area contributed by atoms with Crippen molar-refractivity contribution in [1.29, 1.82) is 0 Å². The lowest BCUT2D eigenvalue weighted by molar-refractivity contribution is 0.388. The summed E-state index contributed by atoms with van der Waals surface area (Å²) in [5, 5.41) is 0.